The third kappa shape index (κ3) is 2.06. The summed E-state index contributed by atoms with van der Waals surface area (Å²) in [6, 6.07) is 3.14. The van der Waals surface area contributed by atoms with Crippen LogP contribution >= 0.6 is 11.6 Å². The molecule has 0 aliphatic heterocycles. The molecule has 0 amide bonds. The van der Waals surface area contributed by atoms with Gasteiger partial charge in [0.25, 0.3) is 0 Å². The van der Waals surface area contributed by atoms with Crippen LogP contribution in [0.15, 0.2) is 12.1 Å². The summed E-state index contributed by atoms with van der Waals surface area (Å²) in [5.74, 6) is -1.61. The van der Waals surface area contributed by atoms with Crippen LogP contribution in [0.25, 0.3) is 11.2 Å². The second kappa shape index (κ2) is 4.27. The van der Waals surface area contributed by atoms with Crippen LogP contribution in [-0.2, 0) is 0 Å². The standard InChI is InChI=1S/C7H4ClN3O2.Na/c8-4-2-1-3-5(10-4)11-6(9-3)7(12)13;/h1-2H,(H,12,13)(H,9,10,11);/q;+1/p-1. The van der Waals surface area contributed by atoms with E-state index in [4.69, 9.17) is 11.6 Å². The Hall–Kier alpha value is -0.620. The van der Waals surface area contributed by atoms with E-state index in [2.05, 4.69) is 15.0 Å². The van der Waals surface area contributed by atoms with Gasteiger partial charge >= 0.3 is 29.6 Å². The van der Waals surface area contributed by atoms with Gasteiger partial charge in [-0.25, -0.2) is 9.97 Å². The molecule has 0 spiro atoms. The van der Waals surface area contributed by atoms with Gasteiger partial charge in [0.2, 0.25) is 0 Å². The molecule has 2 aromatic rings. The van der Waals surface area contributed by atoms with Crippen LogP contribution in [0.1, 0.15) is 10.6 Å². The monoisotopic (exact) mass is 219 g/mol. The molecule has 2 rings (SSSR count). The first kappa shape index (κ1) is 11.5. The van der Waals surface area contributed by atoms with Crippen molar-refractivity contribution in [2.45, 2.75) is 0 Å². The summed E-state index contributed by atoms with van der Waals surface area (Å²) in [5.41, 5.74) is 0.787. The molecule has 2 aromatic heterocycles. The number of carboxylic acid groups (broad SMARTS) is 1. The number of carbonyl (C=O) groups is 1. The van der Waals surface area contributed by atoms with E-state index in [0.29, 0.717) is 5.52 Å². The van der Waals surface area contributed by atoms with E-state index in [0.717, 1.165) is 0 Å². The summed E-state index contributed by atoms with van der Waals surface area (Å²) in [6.07, 6.45) is 0. The molecule has 0 aliphatic rings. The van der Waals surface area contributed by atoms with Gasteiger partial charge in [0.15, 0.2) is 11.5 Å². The molecule has 0 aliphatic carbocycles. The fraction of sp³-hybridized carbons (Fsp3) is 0. The Balaban J connectivity index is 0.000000980. The Morgan fingerprint density at radius 1 is 1.43 bits per heavy atom. The summed E-state index contributed by atoms with van der Waals surface area (Å²) < 4.78 is 0. The number of carbonyl (C=O) groups excluding carboxylic acids is 1. The quantitative estimate of drug-likeness (QED) is 0.409. The third-order valence-corrected chi connectivity index (χ3v) is 1.72. The fourth-order valence-corrected chi connectivity index (χ4v) is 1.11. The number of halogens is 1. The Morgan fingerprint density at radius 2 is 2.14 bits per heavy atom. The minimum Gasteiger partial charge on any atom is -0.542 e. The molecule has 0 saturated heterocycles. The normalized spacial score (nSPS) is 9.79. The number of aromatic carboxylic acids is 1. The average Bonchev–Trinajstić information content (AvgIpc) is 2.46. The number of rotatable bonds is 1. The molecule has 5 nitrogen and oxygen atoms in total. The van der Waals surface area contributed by atoms with Crippen LogP contribution in [0, 0.1) is 0 Å². The predicted octanol–water partition coefficient (Wildman–Crippen LogP) is -3.02. The Bertz CT molecular complexity index is 485. The first-order valence-corrected chi connectivity index (χ1v) is 3.78. The molecule has 0 unspecified atom stereocenters. The molecule has 14 heavy (non-hydrogen) atoms. The Morgan fingerprint density at radius 3 is 2.79 bits per heavy atom. The molecule has 2 heterocycles. The largest absolute Gasteiger partial charge is 1.00 e. The van der Waals surface area contributed by atoms with Crippen LogP contribution in [0.4, 0.5) is 0 Å². The Kier molecular flexibility index (Phi) is 3.49. The second-order valence-corrected chi connectivity index (χ2v) is 2.77. The van der Waals surface area contributed by atoms with E-state index in [9.17, 15) is 9.90 Å². The molecule has 0 fully saturated rings. The zero-order valence-corrected chi connectivity index (χ0v) is 10.00. The minimum atomic E-state index is -1.37. The van der Waals surface area contributed by atoms with Gasteiger partial charge < -0.3 is 14.9 Å². The maximum absolute atomic E-state index is 10.4. The van der Waals surface area contributed by atoms with Crippen molar-refractivity contribution in [2.24, 2.45) is 0 Å². The first-order valence-electron chi connectivity index (χ1n) is 3.40. The number of nitrogens with zero attached hydrogens (tertiary/aromatic N) is 2. The topological polar surface area (TPSA) is 81.7 Å². The molecule has 0 saturated carbocycles. The summed E-state index contributed by atoms with van der Waals surface area (Å²) in [7, 11) is 0. The van der Waals surface area contributed by atoms with Crippen LogP contribution in [0.2, 0.25) is 5.15 Å². The van der Waals surface area contributed by atoms with Gasteiger partial charge in [-0.3, -0.25) is 0 Å². The zero-order valence-electron chi connectivity index (χ0n) is 7.24. The molecule has 0 radical (unpaired) electrons. The molecule has 7 heteroatoms. The number of carboxylic acids is 1. The number of fused-ring (bicyclic) bond motifs is 1. The Labute approximate surface area is 106 Å². The second-order valence-electron chi connectivity index (χ2n) is 2.38. The van der Waals surface area contributed by atoms with Gasteiger partial charge in [0.1, 0.15) is 11.1 Å². The van der Waals surface area contributed by atoms with Crippen LogP contribution in [-0.4, -0.2) is 20.9 Å². The number of H-pyrrole nitrogens is 1. The van der Waals surface area contributed by atoms with Crippen molar-refractivity contribution in [1.29, 1.82) is 0 Å². The van der Waals surface area contributed by atoms with Gasteiger partial charge in [0, 0.05) is 0 Å². The van der Waals surface area contributed by atoms with Crippen molar-refractivity contribution < 1.29 is 39.5 Å². The van der Waals surface area contributed by atoms with Crippen LogP contribution in [0.3, 0.4) is 0 Å². The minimum absolute atomic E-state index is 0. The van der Waals surface area contributed by atoms with Crippen molar-refractivity contribution >= 4 is 28.7 Å². The van der Waals surface area contributed by atoms with Crippen LogP contribution < -0.4 is 34.7 Å². The van der Waals surface area contributed by atoms with E-state index < -0.39 is 5.97 Å². The number of imidazole rings is 1. The number of aromatic nitrogens is 3. The van der Waals surface area contributed by atoms with E-state index in [1.54, 1.807) is 12.1 Å². The first-order chi connectivity index (χ1) is 6.16. The molecular weight excluding hydrogens is 217 g/mol. The van der Waals surface area contributed by atoms with Crippen molar-refractivity contribution in [3.05, 3.63) is 23.1 Å². The molecule has 1 N–H and O–H groups in total. The molecule has 66 valence electrons. The number of hydrogen-bond acceptors (Lipinski definition) is 4. The van der Waals surface area contributed by atoms with Crippen molar-refractivity contribution in [1.82, 2.24) is 15.0 Å². The molecule has 0 bridgehead atoms. The molecule has 0 aromatic carbocycles. The van der Waals surface area contributed by atoms with Crippen molar-refractivity contribution in [3.8, 4) is 0 Å². The van der Waals surface area contributed by atoms with E-state index in [-0.39, 0.29) is 46.2 Å². The summed E-state index contributed by atoms with van der Waals surface area (Å²) in [4.78, 5) is 20.4. The van der Waals surface area contributed by atoms with E-state index in [1.165, 1.54) is 0 Å². The smallest absolute Gasteiger partial charge is 0.542 e. The maximum atomic E-state index is 10.4. The summed E-state index contributed by atoms with van der Waals surface area (Å²) in [6.45, 7) is 0. The summed E-state index contributed by atoms with van der Waals surface area (Å²) >= 11 is 5.58. The predicted molar refractivity (Wildman–Crippen MR) is 43.2 cm³/mol. The van der Waals surface area contributed by atoms with E-state index >= 15 is 0 Å². The van der Waals surface area contributed by atoms with Gasteiger partial charge in [-0.15, -0.1) is 0 Å². The summed E-state index contributed by atoms with van der Waals surface area (Å²) in [5, 5.41) is 10.7. The van der Waals surface area contributed by atoms with Crippen molar-refractivity contribution in [3.63, 3.8) is 0 Å². The number of nitrogens with one attached hydrogen (secondary N) is 1. The van der Waals surface area contributed by atoms with E-state index in [1.807, 2.05) is 0 Å². The molecule has 0 atom stereocenters. The number of hydrogen-bond donors (Lipinski definition) is 1. The van der Waals surface area contributed by atoms with Gasteiger partial charge in [-0.05, 0) is 12.1 Å². The number of pyridine rings is 1. The third-order valence-electron chi connectivity index (χ3n) is 1.51. The van der Waals surface area contributed by atoms with Crippen LogP contribution in [0.5, 0.6) is 0 Å². The van der Waals surface area contributed by atoms with Gasteiger partial charge in [-0.2, -0.15) is 0 Å². The van der Waals surface area contributed by atoms with Gasteiger partial charge in [-0.1, -0.05) is 11.6 Å². The maximum Gasteiger partial charge on any atom is 1.00 e. The zero-order chi connectivity index (χ0) is 9.42. The molecular formula is C7H3ClN3NaO2. The SMILES string of the molecule is O=C([O-])c1nc2nc(Cl)ccc2[nH]1.[Na+]. The fourth-order valence-electron chi connectivity index (χ4n) is 0.966. The number of aromatic amines is 1. The van der Waals surface area contributed by atoms with Crippen molar-refractivity contribution in [2.75, 3.05) is 0 Å². The average molecular weight is 220 g/mol. The van der Waals surface area contributed by atoms with Gasteiger partial charge in [0.05, 0.1) is 5.52 Å².